The Morgan fingerprint density at radius 2 is 1.80 bits per heavy atom. The predicted octanol–water partition coefficient (Wildman–Crippen LogP) is 1.87. The van der Waals surface area contributed by atoms with Crippen LogP contribution in [0.15, 0.2) is 42.6 Å². The van der Waals surface area contributed by atoms with Crippen molar-refractivity contribution in [3.63, 3.8) is 0 Å². The van der Waals surface area contributed by atoms with E-state index in [0.29, 0.717) is 17.0 Å². The minimum Gasteiger partial charge on any atom is -0.483 e. The molecule has 1 heterocycles. The van der Waals surface area contributed by atoms with Gasteiger partial charge in [-0.15, -0.1) is 0 Å². The molecule has 7 heteroatoms. The molecule has 0 atom stereocenters. The smallest absolute Gasteiger partial charge is 0.259 e. The van der Waals surface area contributed by atoms with E-state index in [0.717, 1.165) is 5.82 Å². The second-order valence-corrected chi connectivity index (χ2v) is 5.83. The summed E-state index contributed by atoms with van der Waals surface area (Å²) in [4.78, 5) is 31.7. The number of carbonyl (C=O) groups excluding carboxylic acids is 2. The third kappa shape index (κ3) is 4.94. The number of nitrogens with one attached hydrogen (secondary N) is 1. The quantitative estimate of drug-likeness (QED) is 0.867. The van der Waals surface area contributed by atoms with E-state index in [-0.39, 0.29) is 18.4 Å². The summed E-state index contributed by atoms with van der Waals surface area (Å²) >= 11 is 0. The van der Waals surface area contributed by atoms with Gasteiger partial charge in [0.2, 0.25) is 0 Å². The van der Waals surface area contributed by atoms with Crippen molar-refractivity contribution in [3.8, 4) is 5.75 Å². The summed E-state index contributed by atoms with van der Waals surface area (Å²) in [5.41, 5.74) is 0.931. The molecule has 0 unspecified atom stereocenters. The Morgan fingerprint density at radius 3 is 2.40 bits per heavy atom. The van der Waals surface area contributed by atoms with Crippen molar-refractivity contribution < 1.29 is 14.3 Å². The number of pyridine rings is 1. The Labute approximate surface area is 147 Å². The first-order chi connectivity index (χ1) is 11.9. The fourth-order valence-corrected chi connectivity index (χ4v) is 1.97. The summed E-state index contributed by atoms with van der Waals surface area (Å²) in [6, 6.07) is 10.4. The fourth-order valence-electron chi connectivity index (χ4n) is 1.97. The molecule has 1 N–H and O–H groups in total. The minimum absolute atomic E-state index is 0.129. The van der Waals surface area contributed by atoms with Crippen molar-refractivity contribution in [1.29, 1.82) is 0 Å². The first kappa shape index (κ1) is 18.3. The van der Waals surface area contributed by atoms with Crippen LogP contribution in [0, 0.1) is 0 Å². The molecule has 2 aromatic rings. The molecule has 2 amide bonds. The van der Waals surface area contributed by atoms with E-state index in [1.807, 2.05) is 25.1 Å². The molecule has 0 saturated carbocycles. The van der Waals surface area contributed by atoms with Crippen LogP contribution in [-0.2, 0) is 4.79 Å². The molecule has 0 bridgehead atoms. The minimum atomic E-state index is -0.327. The predicted molar refractivity (Wildman–Crippen MR) is 97.1 cm³/mol. The molecule has 25 heavy (non-hydrogen) atoms. The van der Waals surface area contributed by atoms with Gasteiger partial charge in [-0.3, -0.25) is 9.59 Å². The highest BCUT2D eigenvalue weighted by Gasteiger charge is 2.14. The number of amides is 2. The molecule has 0 spiro atoms. The van der Waals surface area contributed by atoms with Crippen LogP contribution in [0.25, 0.3) is 0 Å². The fraction of sp³-hybridized carbons (Fsp3) is 0.278. The summed E-state index contributed by atoms with van der Waals surface area (Å²) in [5, 5.41) is 2.78. The molecule has 0 fully saturated rings. The SMILES string of the molecule is CN(C)C(=O)COc1ccccc1C(=O)Nc1ccc(N(C)C)nc1. The third-order valence-corrected chi connectivity index (χ3v) is 3.45. The van der Waals surface area contributed by atoms with Crippen LogP contribution in [-0.4, -0.2) is 56.5 Å². The Kier molecular flexibility index (Phi) is 5.94. The molecule has 2 rings (SSSR count). The number of aromatic nitrogens is 1. The highest BCUT2D eigenvalue weighted by atomic mass is 16.5. The molecule has 0 aliphatic rings. The van der Waals surface area contributed by atoms with Crippen LogP contribution in [0.4, 0.5) is 11.5 Å². The van der Waals surface area contributed by atoms with Gasteiger partial charge in [-0.05, 0) is 24.3 Å². The largest absolute Gasteiger partial charge is 0.483 e. The lowest BCUT2D eigenvalue weighted by Crippen LogP contribution is -2.28. The van der Waals surface area contributed by atoms with Gasteiger partial charge in [0, 0.05) is 28.2 Å². The molecule has 132 valence electrons. The van der Waals surface area contributed by atoms with Crippen molar-refractivity contribution in [3.05, 3.63) is 48.2 Å². The number of hydrogen-bond acceptors (Lipinski definition) is 5. The van der Waals surface area contributed by atoms with Crippen LogP contribution in [0.3, 0.4) is 0 Å². The Balaban J connectivity index is 2.09. The molecule has 7 nitrogen and oxygen atoms in total. The van der Waals surface area contributed by atoms with Gasteiger partial charge in [0.25, 0.3) is 11.8 Å². The summed E-state index contributed by atoms with van der Waals surface area (Å²) in [6.07, 6.45) is 1.59. The second-order valence-electron chi connectivity index (χ2n) is 5.83. The number of likely N-dealkylation sites (N-methyl/N-ethyl adjacent to an activating group) is 1. The maximum atomic E-state index is 12.5. The lowest BCUT2D eigenvalue weighted by molar-refractivity contribution is -0.130. The van der Waals surface area contributed by atoms with E-state index in [1.165, 1.54) is 4.90 Å². The van der Waals surface area contributed by atoms with Gasteiger partial charge < -0.3 is 19.9 Å². The Hall–Kier alpha value is -3.09. The van der Waals surface area contributed by atoms with Crippen molar-refractivity contribution in [2.24, 2.45) is 0 Å². The van der Waals surface area contributed by atoms with Crippen molar-refractivity contribution in [2.45, 2.75) is 0 Å². The Bertz CT molecular complexity index is 742. The standard InChI is InChI=1S/C18H22N4O3/c1-21(2)16-10-9-13(11-19-16)20-18(24)14-7-5-6-8-15(14)25-12-17(23)22(3)4/h5-11H,12H2,1-4H3,(H,20,24). The summed E-state index contributed by atoms with van der Waals surface area (Å²) in [7, 11) is 7.08. The van der Waals surface area contributed by atoms with Gasteiger partial charge in [0.15, 0.2) is 6.61 Å². The van der Waals surface area contributed by atoms with E-state index in [9.17, 15) is 9.59 Å². The van der Waals surface area contributed by atoms with Crippen LogP contribution in [0.5, 0.6) is 5.75 Å². The zero-order valence-electron chi connectivity index (χ0n) is 14.8. The van der Waals surface area contributed by atoms with Gasteiger partial charge in [0.05, 0.1) is 17.4 Å². The van der Waals surface area contributed by atoms with Gasteiger partial charge >= 0.3 is 0 Å². The molecule has 1 aromatic carbocycles. The van der Waals surface area contributed by atoms with E-state index >= 15 is 0 Å². The van der Waals surface area contributed by atoms with Crippen LogP contribution >= 0.6 is 0 Å². The molecule has 0 radical (unpaired) electrons. The monoisotopic (exact) mass is 342 g/mol. The lowest BCUT2D eigenvalue weighted by Gasteiger charge is -2.14. The van der Waals surface area contributed by atoms with Gasteiger partial charge in [0.1, 0.15) is 11.6 Å². The molecule has 0 aliphatic carbocycles. The van der Waals surface area contributed by atoms with Crippen LogP contribution in [0.2, 0.25) is 0 Å². The van der Waals surface area contributed by atoms with E-state index in [2.05, 4.69) is 10.3 Å². The zero-order valence-corrected chi connectivity index (χ0v) is 14.8. The number of hydrogen-bond donors (Lipinski definition) is 1. The average Bonchev–Trinajstić information content (AvgIpc) is 2.60. The molecular weight excluding hydrogens is 320 g/mol. The van der Waals surface area contributed by atoms with Gasteiger partial charge in [-0.25, -0.2) is 4.98 Å². The van der Waals surface area contributed by atoms with E-state index in [1.54, 1.807) is 50.6 Å². The maximum Gasteiger partial charge on any atom is 0.259 e. The first-order valence-electron chi connectivity index (χ1n) is 7.75. The van der Waals surface area contributed by atoms with E-state index in [4.69, 9.17) is 4.74 Å². The van der Waals surface area contributed by atoms with Crippen molar-refractivity contribution in [2.75, 3.05) is 45.0 Å². The molecule has 0 aliphatic heterocycles. The third-order valence-electron chi connectivity index (χ3n) is 3.45. The summed E-state index contributed by atoms with van der Waals surface area (Å²) < 4.78 is 5.50. The number of carbonyl (C=O) groups is 2. The van der Waals surface area contributed by atoms with Crippen LogP contribution in [0.1, 0.15) is 10.4 Å². The number of rotatable bonds is 6. The number of para-hydroxylation sites is 1. The first-order valence-corrected chi connectivity index (χ1v) is 7.75. The second kappa shape index (κ2) is 8.14. The Morgan fingerprint density at radius 1 is 1.08 bits per heavy atom. The average molecular weight is 342 g/mol. The highest BCUT2D eigenvalue weighted by Crippen LogP contribution is 2.20. The summed E-state index contributed by atoms with van der Waals surface area (Å²) in [6.45, 7) is -0.129. The highest BCUT2D eigenvalue weighted by molar-refractivity contribution is 6.06. The number of benzene rings is 1. The number of anilines is 2. The lowest BCUT2D eigenvalue weighted by atomic mass is 10.2. The number of ether oxygens (including phenoxy) is 1. The number of nitrogens with zero attached hydrogens (tertiary/aromatic N) is 3. The van der Waals surface area contributed by atoms with E-state index < -0.39 is 0 Å². The normalized spacial score (nSPS) is 10.1. The van der Waals surface area contributed by atoms with Crippen molar-refractivity contribution >= 4 is 23.3 Å². The summed E-state index contributed by atoms with van der Waals surface area (Å²) in [5.74, 6) is 0.642. The molecular formula is C18H22N4O3. The van der Waals surface area contributed by atoms with Crippen molar-refractivity contribution in [1.82, 2.24) is 9.88 Å². The zero-order chi connectivity index (χ0) is 18.4. The molecule has 0 saturated heterocycles. The molecule has 1 aromatic heterocycles. The van der Waals surface area contributed by atoms with Crippen LogP contribution < -0.4 is 15.0 Å². The topological polar surface area (TPSA) is 74.8 Å². The maximum absolute atomic E-state index is 12.5. The van der Waals surface area contributed by atoms with Gasteiger partial charge in [-0.1, -0.05) is 12.1 Å². The van der Waals surface area contributed by atoms with Gasteiger partial charge in [-0.2, -0.15) is 0 Å².